The van der Waals surface area contributed by atoms with Gasteiger partial charge in [-0.05, 0) is 36.4 Å². The van der Waals surface area contributed by atoms with Crippen LogP contribution in [0.15, 0.2) is 55.4 Å². The fourth-order valence-electron chi connectivity index (χ4n) is 2.68. The highest BCUT2D eigenvalue weighted by Gasteiger charge is 2.19. The lowest BCUT2D eigenvalue weighted by molar-refractivity contribution is 0.582. The topological polar surface area (TPSA) is 123 Å². The van der Waals surface area contributed by atoms with Gasteiger partial charge in [-0.1, -0.05) is 0 Å². The third-order valence-electron chi connectivity index (χ3n) is 4.04. The molecule has 0 aliphatic heterocycles. The summed E-state index contributed by atoms with van der Waals surface area (Å²) in [4.78, 5) is 12.8. The van der Waals surface area contributed by atoms with E-state index in [1.165, 1.54) is 36.4 Å². The van der Waals surface area contributed by atoms with E-state index in [1.54, 1.807) is 0 Å². The maximum Gasteiger partial charge on any atom is 0.240 e. The first-order valence-electron chi connectivity index (χ1n) is 8.41. The van der Waals surface area contributed by atoms with Gasteiger partial charge >= 0.3 is 0 Å². The van der Waals surface area contributed by atoms with Gasteiger partial charge in [-0.15, -0.1) is 0 Å². The minimum absolute atomic E-state index is 0.0316. The highest BCUT2D eigenvalue weighted by atomic mass is 32.2. The summed E-state index contributed by atoms with van der Waals surface area (Å²) in [6, 6.07) is 7.87. The van der Waals surface area contributed by atoms with Crippen LogP contribution in [0.2, 0.25) is 0 Å². The first kappa shape index (κ1) is 22.1. The number of thiol groups is 2. The van der Waals surface area contributed by atoms with Gasteiger partial charge < -0.3 is 4.42 Å². The van der Waals surface area contributed by atoms with Crippen LogP contribution in [-0.2, 0) is 20.0 Å². The summed E-state index contributed by atoms with van der Waals surface area (Å²) in [7, 11) is -7.64. The smallest absolute Gasteiger partial charge is 0.240 e. The molecule has 29 heavy (non-hydrogen) atoms. The summed E-state index contributed by atoms with van der Waals surface area (Å²) in [5.74, 6) is 0.635. The molecule has 0 saturated heterocycles. The Morgan fingerprint density at radius 1 is 0.759 bits per heavy atom. The molecule has 0 spiro atoms. The summed E-state index contributed by atoms with van der Waals surface area (Å²) >= 11 is 7.93. The zero-order valence-corrected chi connectivity index (χ0v) is 18.4. The van der Waals surface area contributed by atoms with Crippen molar-refractivity contribution in [1.82, 2.24) is 9.44 Å². The Kier molecular flexibility index (Phi) is 6.61. The molecule has 8 nitrogen and oxygen atoms in total. The van der Waals surface area contributed by atoms with Crippen LogP contribution in [0.3, 0.4) is 0 Å². The number of rotatable bonds is 8. The van der Waals surface area contributed by atoms with Gasteiger partial charge in [0.25, 0.3) is 0 Å². The molecular weight excluding hydrogens is 456 g/mol. The Morgan fingerprint density at radius 2 is 1.17 bits per heavy atom. The van der Waals surface area contributed by atoms with Crippen molar-refractivity contribution in [1.29, 1.82) is 0 Å². The largest absolute Gasteiger partial charge is 0.456 e. The van der Waals surface area contributed by atoms with E-state index in [0.29, 0.717) is 11.5 Å². The maximum atomic E-state index is 13.0. The van der Waals surface area contributed by atoms with E-state index in [-0.39, 0.29) is 44.8 Å². The van der Waals surface area contributed by atoms with Crippen molar-refractivity contribution in [3.63, 3.8) is 0 Å². The lowest BCUT2D eigenvalue weighted by Gasteiger charge is -2.08. The van der Waals surface area contributed by atoms with Gasteiger partial charge in [0.15, 0.2) is 0 Å². The van der Waals surface area contributed by atoms with Gasteiger partial charge in [-0.2, -0.15) is 25.3 Å². The summed E-state index contributed by atoms with van der Waals surface area (Å²) in [6.45, 7) is 0.270. The van der Waals surface area contributed by atoms with Crippen molar-refractivity contribution in [2.24, 2.45) is 0 Å². The van der Waals surface area contributed by atoms with Crippen molar-refractivity contribution < 1.29 is 21.3 Å². The summed E-state index contributed by atoms with van der Waals surface area (Å²) in [5, 5.41) is 0.0632. The summed E-state index contributed by atoms with van der Waals surface area (Å²) in [5.41, 5.74) is -0.141. The minimum atomic E-state index is -3.82. The molecule has 0 aliphatic carbocycles. The first-order chi connectivity index (χ1) is 13.7. The van der Waals surface area contributed by atoms with Gasteiger partial charge in [0.2, 0.25) is 25.5 Å². The first-order valence-corrected chi connectivity index (χ1v) is 12.6. The number of fused-ring (bicyclic) bond motifs is 2. The zero-order chi connectivity index (χ0) is 21.2. The molecule has 2 aromatic carbocycles. The van der Waals surface area contributed by atoms with Gasteiger partial charge in [0, 0.05) is 24.6 Å². The molecule has 12 heteroatoms. The number of nitrogens with one attached hydrogen (secondary N) is 2. The molecule has 0 saturated carbocycles. The molecule has 1 aromatic heterocycles. The fourth-order valence-corrected chi connectivity index (χ4v) is 5.32. The van der Waals surface area contributed by atoms with Crippen LogP contribution < -0.4 is 14.9 Å². The third-order valence-corrected chi connectivity index (χ3v) is 7.40. The maximum absolute atomic E-state index is 13.0. The van der Waals surface area contributed by atoms with Crippen molar-refractivity contribution in [2.45, 2.75) is 9.79 Å². The molecule has 0 amide bonds. The minimum Gasteiger partial charge on any atom is -0.456 e. The van der Waals surface area contributed by atoms with Crippen LogP contribution in [-0.4, -0.2) is 41.4 Å². The summed E-state index contributed by atoms with van der Waals surface area (Å²) < 4.78 is 59.7. The van der Waals surface area contributed by atoms with Crippen LogP contribution in [0.4, 0.5) is 0 Å². The molecule has 0 fully saturated rings. The highest BCUT2D eigenvalue weighted by Crippen LogP contribution is 2.23. The molecule has 156 valence electrons. The average Bonchev–Trinajstić information content (AvgIpc) is 2.70. The normalized spacial score (nSPS) is 12.6. The van der Waals surface area contributed by atoms with Gasteiger partial charge in [-0.25, -0.2) is 26.3 Å². The van der Waals surface area contributed by atoms with Crippen LogP contribution >= 0.6 is 25.3 Å². The molecule has 1 heterocycles. The molecule has 0 unspecified atom stereocenters. The molecule has 0 atom stereocenters. The van der Waals surface area contributed by atoms with E-state index in [9.17, 15) is 21.6 Å². The van der Waals surface area contributed by atoms with E-state index in [2.05, 4.69) is 34.7 Å². The standard InChI is InChI=1S/C17H18N2O6S4/c20-17-13-9-11(28(21,22)18-5-7-26)1-3-15(13)25-16-4-2-12(10-14(16)17)29(23,24)19-6-8-27/h1-4,9-10,18-19,26-27H,5-8H2. The Balaban J connectivity index is 2.18. The van der Waals surface area contributed by atoms with Crippen molar-refractivity contribution in [2.75, 3.05) is 24.6 Å². The SMILES string of the molecule is O=c1c2cc(S(=O)(=O)NCCS)ccc2oc2ccc(S(=O)(=O)NCCS)cc12. The Morgan fingerprint density at radius 3 is 1.55 bits per heavy atom. The average molecular weight is 475 g/mol. The summed E-state index contributed by atoms with van der Waals surface area (Å²) in [6.07, 6.45) is 0. The predicted octanol–water partition coefficient (Wildman–Crippen LogP) is 1.36. The fraction of sp³-hybridized carbons (Fsp3) is 0.235. The van der Waals surface area contributed by atoms with E-state index in [0.717, 1.165) is 0 Å². The molecule has 0 radical (unpaired) electrons. The van der Waals surface area contributed by atoms with Crippen LogP contribution in [0.5, 0.6) is 0 Å². The molecule has 2 N–H and O–H groups in total. The lowest BCUT2D eigenvalue weighted by atomic mass is 10.1. The van der Waals surface area contributed by atoms with E-state index >= 15 is 0 Å². The molecule has 3 aromatic rings. The zero-order valence-electron chi connectivity index (χ0n) is 15.0. The number of sulfonamides is 2. The Hall–Kier alpha value is -1.57. The van der Waals surface area contributed by atoms with E-state index in [1.807, 2.05) is 0 Å². The molecule has 3 rings (SSSR count). The van der Waals surface area contributed by atoms with Crippen LogP contribution in [0.1, 0.15) is 0 Å². The second kappa shape index (κ2) is 8.66. The molecular formula is C17H18N2O6S4. The van der Waals surface area contributed by atoms with Crippen molar-refractivity contribution >= 4 is 67.2 Å². The Bertz CT molecular complexity index is 1230. The number of hydrogen-bond acceptors (Lipinski definition) is 8. The second-order valence-electron chi connectivity index (χ2n) is 5.99. The lowest BCUT2D eigenvalue weighted by Crippen LogP contribution is -2.26. The number of hydrogen-bond donors (Lipinski definition) is 4. The van der Waals surface area contributed by atoms with Crippen LogP contribution in [0.25, 0.3) is 21.9 Å². The van der Waals surface area contributed by atoms with Gasteiger partial charge in [0.1, 0.15) is 11.2 Å². The highest BCUT2D eigenvalue weighted by molar-refractivity contribution is 7.90. The Labute approximate surface area is 178 Å². The molecule has 0 bridgehead atoms. The monoisotopic (exact) mass is 474 g/mol. The number of benzene rings is 2. The van der Waals surface area contributed by atoms with Gasteiger partial charge in [0.05, 0.1) is 20.6 Å². The van der Waals surface area contributed by atoms with Crippen molar-refractivity contribution in [3.8, 4) is 0 Å². The quantitative estimate of drug-likeness (QED) is 0.289. The predicted molar refractivity (Wildman–Crippen MR) is 118 cm³/mol. The van der Waals surface area contributed by atoms with E-state index in [4.69, 9.17) is 4.42 Å². The third kappa shape index (κ3) is 4.62. The second-order valence-corrected chi connectivity index (χ2v) is 10.4. The van der Waals surface area contributed by atoms with E-state index < -0.39 is 25.5 Å². The van der Waals surface area contributed by atoms with Gasteiger partial charge in [-0.3, -0.25) is 4.79 Å². The van der Waals surface area contributed by atoms with Crippen LogP contribution in [0, 0.1) is 0 Å². The molecule has 0 aliphatic rings. The van der Waals surface area contributed by atoms with Crippen molar-refractivity contribution in [3.05, 3.63) is 46.6 Å².